The fourth-order valence-electron chi connectivity index (χ4n) is 2.42. The molecule has 0 spiro atoms. The Morgan fingerprint density at radius 1 is 1.10 bits per heavy atom. The molecule has 0 atom stereocenters. The third kappa shape index (κ3) is 3.50. The normalized spacial score (nSPS) is 10.7. The number of benzene rings is 2. The van der Waals surface area contributed by atoms with Crippen molar-refractivity contribution >= 4 is 22.4 Å². The van der Waals surface area contributed by atoms with Crippen LogP contribution in [0.5, 0.6) is 0 Å². The van der Waals surface area contributed by atoms with Crippen molar-refractivity contribution in [2.45, 2.75) is 26.2 Å². The van der Waals surface area contributed by atoms with Crippen molar-refractivity contribution in [1.29, 1.82) is 0 Å². The number of hydrogen-bond acceptors (Lipinski definition) is 2. The zero-order chi connectivity index (χ0) is 14.4. The maximum Gasteiger partial charge on any atom is 0.305 e. The Bertz CT molecular complexity index is 575. The van der Waals surface area contributed by atoms with E-state index in [4.69, 9.17) is 5.11 Å². The van der Waals surface area contributed by atoms with E-state index < -0.39 is 5.97 Å². The molecule has 0 amide bonds. The van der Waals surface area contributed by atoms with Gasteiger partial charge in [-0.1, -0.05) is 49.7 Å². The topological polar surface area (TPSA) is 40.5 Å². The highest BCUT2D eigenvalue weighted by Gasteiger charge is 2.11. The average Bonchev–Trinajstić information content (AvgIpc) is 2.47. The van der Waals surface area contributed by atoms with E-state index in [1.165, 1.54) is 10.8 Å². The fourth-order valence-corrected chi connectivity index (χ4v) is 2.42. The van der Waals surface area contributed by atoms with Gasteiger partial charge in [0, 0.05) is 24.2 Å². The standard InChI is InChI=1S/C17H21NO2/c1-2-3-12-18(13-11-17(19)20)16-10-6-8-14-7-4-5-9-15(14)16/h4-10H,2-3,11-13H2,1H3,(H,19,20). The fraction of sp³-hybridized carbons (Fsp3) is 0.353. The van der Waals surface area contributed by atoms with E-state index in [1.54, 1.807) is 0 Å². The van der Waals surface area contributed by atoms with Gasteiger partial charge in [0.2, 0.25) is 0 Å². The van der Waals surface area contributed by atoms with Gasteiger partial charge in [-0.3, -0.25) is 4.79 Å². The van der Waals surface area contributed by atoms with Crippen molar-refractivity contribution in [3.63, 3.8) is 0 Å². The van der Waals surface area contributed by atoms with E-state index in [0.717, 1.165) is 25.1 Å². The molecule has 0 aliphatic rings. The molecule has 3 nitrogen and oxygen atoms in total. The first-order chi connectivity index (χ1) is 9.72. The number of unbranched alkanes of at least 4 members (excludes halogenated alkanes) is 1. The third-order valence-electron chi connectivity index (χ3n) is 3.48. The Hall–Kier alpha value is -2.03. The molecule has 2 aromatic rings. The molecule has 0 radical (unpaired) electrons. The second-order valence-corrected chi connectivity index (χ2v) is 4.98. The molecule has 0 heterocycles. The van der Waals surface area contributed by atoms with Crippen LogP contribution in [0.25, 0.3) is 10.8 Å². The summed E-state index contributed by atoms with van der Waals surface area (Å²) < 4.78 is 0. The quantitative estimate of drug-likeness (QED) is 0.829. The highest BCUT2D eigenvalue weighted by Crippen LogP contribution is 2.27. The van der Waals surface area contributed by atoms with Crippen molar-refractivity contribution in [2.75, 3.05) is 18.0 Å². The Kier molecular flexibility index (Phi) is 4.99. The summed E-state index contributed by atoms with van der Waals surface area (Å²) in [5.41, 5.74) is 1.14. The Morgan fingerprint density at radius 3 is 2.60 bits per heavy atom. The summed E-state index contributed by atoms with van der Waals surface area (Å²) >= 11 is 0. The second-order valence-electron chi connectivity index (χ2n) is 4.98. The van der Waals surface area contributed by atoms with Gasteiger partial charge in [0.05, 0.1) is 6.42 Å². The Balaban J connectivity index is 2.31. The van der Waals surface area contributed by atoms with Gasteiger partial charge in [-0.2, -0.15) is 0 Å². The molecule has 3 heteroatoms. The Morgan fingerprint density at radius 2 is 1.85 bits per heavy atom. The third-order valence-corrected chi connectivity index (χ3v) is 3.48. The number of hydrogen-bond donors (Lipinski definition) is 1. The van der Waals surface area contributed by atoms with Crippen molar-refractivity contribution in [3.05, 3.63) is 42.5 Å². The van der Waals surface area contributed by atoms with Crippen LogP contribution in [0.3, 0.4) is 0 Å². The lowest BCUT2D eigenvalue weighted by molar-refractivity contribution is -0.136. The van der Waals surface area contributed by atoms with Crippen molar-refractivity contribution in [3.8, 4) is 0 Å². The maximum absolute atomic E-state index is 10.8. The molecular weight excluding hydrogens is 250 g/mol. The van der Waals surface area contributed by atoms with Crippen LogP contribution in [-0.4, -0.2) is 24.2 Å². The van der Waals surface area contributed by atoms with Crippen LogP contribution >= 0.6 is 0 Å². The number of fused-ring (bicyclic) bond motifs is 1. The average molecular weight is 271 g/mol. The van der Waals surface area contributed by atoms with E-state index in [9.17, 15) is 4.79 Å². The second kappa shape index (κ2) is 6.94. The predicted molar refractivity (Wildman–Crippen MR) is 83.3 cm³/mol. The molecule has 2 aromatic carbocycles. The van der Waals surface area contributed by atoms with Crippen LogP contribution in [0.4, 0.5) is 5.69 Å². The predicted octanol–water partition coefficient (Wildman–Crippen LogP) is 3.92. The summed E-state index contributed by atoms with van der Waals surface area (Å²) in [5.74, 6) is -0.744. The molecule has 0 saturated carbocycles. The van der Waals surface area contributed by atoms with Gasteiger partial charge < -0.3 is 10.0 Å². The van der Waals surface area contributed by atoms with E-state index in [2.05, 4.69) is 36.1 Å². The van der Waals surface area contributed by atoms with E-state index in [1.807, 2.05) is 18.2 Å². The minimum Gasteiger partial charge on any atom is -0.481 e. The minimum atomic E-state index is -0.744. The number of carbonyl (C=O) groups is 1. The summed E-state index contributed by atoms with van der Waals surface area (Å²) in [6, 6.07) is 14.5. The van der Waals surface area contributed by atoms with Crippen LogP contribution in [0, 0.1) is 0 Å². The first kappa shape index (κ1) is 14.4. The minimum absolute atomic E-state index is 0.174. The van der Waals surface area contributed by atoms with Crippen molar-refractivity contribution < 1.29 is 9.90 Å². The molecule has 0 aliphatic heterocycles. The largest absolute Gasteiger partial charge is 0.481 e. The molecule has 2 rings (SSSR count). The molecule has 0 fully saturated rings. The van der Waals surface area contributed by atoms with E-state index in [-0.39, 0.29) is 6.42 Å². The van der Waals surface area contributed by atoms with Crippen molar-refractivity contribution in [2.24, 2.45) is 0 Å². The van der Waals surface area contributed by atoms with Gasteiger partial charge in [0.15, 0.2) is 0 Å². The molecule has 0 aromatic heterocycles. The van der Waals surface area contributed by atoms with Gasteiger partial charge >= 0.3 is 5.97 Å². The SMILES string of the molecule is CCCCN(CCC(=O)O)c1cccc2ccccc12. The molecule has 106 valence electrons. The number of carboxylic acids is 1. The maximum atomic E-state index is 10.8. The number of anilines is 1. The first-order valence-electron chi connectivity index (χ1n) is 7.17. The van der Waals surface area contributed by atoms with E-state index in [0.29, 0.717) is 6.54 Å². The van der Waals surface area contributed by atoms with Gasteiger partial charge in [-0.15, -0.1) is 0 Å². The molecule has 0 unspecified atom stereocenters. The highest BCUT2D eigenvalue weighted by atomic mass is 16.4. The molecule has 0 aliphatic carbocycles. The number of rotatable bonds is 7. The zero-order valence-corrected chi connectivity index (χ0v) is 11.9. The van der Waals surface area contributed by atoms with Crippen LogP contribution in [0.1, 0.15) is 26.2 Å². The van der Waals surface area contributed by atoms with Crippen LogP contribution in [0.15, 0.2) is 42.5 Å². The lowest BCUT2D eigenvalue weighted by Crippen LogP contribution is -2.27. The summed E-state index contributed by atoms with van der Waals surface area (Å²) in [7, 11) is 0. The number of aliphatic carboxylic acids is 1. The molecule has 0 saturated heterocycles. The van der Waals surface area contributed by atoms with Gasteiger partial charge in [-0.25, -0.2) is 0 Å². The lowest BCUT2D eigenvalue weighted by Gasteiger charge is -2.25. The smallest absolute Gasteiger partial charge is 0.305 e. The summed E-state index contributed by atoms with van der Waals surface area (Å²) in [5, 5.41) is 11.3. The molecule has 1 N–H and O–H groups in total. The molecular formula is C17H21NO2. The van der Waals surface area contributed by atoms with Crippen LogP contribution in [-0.2, 0) is 4.79 Å². The van der Waals surface area contributed by atoms with E-state index >= 15 is 0 Å². The summed E-state index contributed by atoms with van der Waals surface area (Å²) in [4.78, 5) is 13.0. The van der Waals surface area contributed by atoms with Crippen LogP contribution in [0.2, 0.25) is 0 Å². The van der Waals surface area contributed by atoms with Crippen LogP contribution < -0.4 is 4.90 Å². The number of carboxylic acid groups (broad SMARTS) is 1. The van der Waals surface area contributed by atoms with Gasteiger partial charge in [0.1, 0.15) is 0 Å². The summed E-state index contributed by atoms with van der Waals surface area (Å²) in [6.45, 7) is 3.61. The zero-order valence-electron chi connectivity index (χ0n) is 11.9. The first-order valence-corrected chi connectivity index (χ1v) is 7.17. The number of nitrogens with zero attached hydrogens (tertiary/aromatic N) is 1. The molecule has 20 heavy (non-hydrogen) atoms. The lowest BCUT2D eigenvalue weighted by atomic mass is 10.1. The van der Waals surface area contributed by atoms with Crippen molar-refractivity contribution in [1.82, 2.24) is 0 Å². The van der Waals surface area contributed by atoms with Gasteiger partial charge in [0.25, 0.3) is 0 Å². The Labute approximate surface area is 119 Å². The highest BCUT2D eigenvalue weighted by molar-refractivity contribution is 5.94. The molecule has 0 bridgehead atoms. The monoisotopic (exact) mass is 271 g/mol. The van der Waals surface area contributed by atoms with Gasteiger partial charge in [-0.05, 0) is 17.9 Å². The summed E-state index contributed by atoms with van der Waals surface area (Å²) in [6.07, 6.45) is 2.35.